The first-order valence-corrected chi connectivity index (χ1v) is 10.3. The lowest BCUT2D eigenvalue weighted by molar-refractivity contribution is 0.505. The fourth-order valence-corrected chi connectivity index (χ4v) is 3.57. The van der Waals surface area contributed by atoms with Gasteiger partial charge in [0, 0.05) is 16.5 Å². The van der Waals surface area contributed by atoms with E-state index in [1.807, 2.05) is 0 Å². The molecule has 1 unspecified atom stereocenters. The summed E-state index contributed by atoms with van der Waals surface area (Å²) in [4.78, 5) is 0. The molecule has 0 spiro atoms. The Morgan fingerprint density at radius 1 is 0.810 bits per heavy atom. The molecule has 0 amide bonds. The molecule has 0 bridgehead atoms. The molecule has 1 atom stereocenters. The third-order valence-electron chi connectivity index (χ3n) is 4.03. The quantitative estimate of drug-likeness (QED) is 0.371. The van der Waals surface area contributed by atoms with E-state index in [9.17, 15) is 0 Å². The Hall–Kier alpha value is 0.310. The Morgan fingerprint density at radius 2 is 1.29 bits per heavy atom. The van der Waals surface area contributed by atoms with E-state index >= 15 is 0 Å². The van der Waals surface area contributed by atoms with Crippen molar-refractivity contribution in [2.45, 2.75) is 109 Å². The second kappa shape index (κ2) is 13.9. The van der Waals surface area contributed by atoms with Gasteiger partial charge in [-0.3, -0.25) is 0 Å². The van der Waals surface area contributed by atoms with Crippen molar-refractivity contribution in [1.82, 2.24) is 5.32 Å². The van der Waals surface area contributed by atoms with Crippen LogP contribution in [0, 0.1) is 0 Å². The van der Waals surface area contributed by atoms with Gasteiger partial charge in [-0.1, -0.05) is 91.9 Å². The van der Waals surface area contributed by atoms with Gasteiger partial charge in [-0.05, 0) is 13.5 Å². The van der Waals surface area contributed by atoms with Gasteiger partial charge in [-0.2, -0.15) is 11.8 Å². The lowest BCUT2D eigenvalue weighted by Gasteiger charge is -2.22. The number of thioether (sulfide) groups is 1. The molecule has 0 aliphatic rings. The van der Waals surface area contributed by atoms with Crippen molar-refractivity contribution >= 4 is 11.8 Å². The molecule has 0 heterocycles. The minimum absolute atomic E-state index is 0.396. The van der Waals surface area contributed by atoms with Crippen LogP contribution in [0.2, 0.25) is 0 Å². The number of rotatable bonds is 14. The van der Waals surface area contributed by atoms with Crippen LogP contribution >= 0.6 is 11.8 Å². The molecule has 0 aliphatic carbocycles. The highest BCUT2D eigenvalue weighted by molar-refractivity contribution is 8.00. The van der Waals surface area contributed by atoms with Crippen molar-refractivity contribution in [3.63, 3.8) is 0 Å². The Balaban J connectivity index is 3.35. The molecule has 21 heavy (non-hydrogen) atoms. The maximum Gasteiger partial charge on any atom is 0.0155 e. The lowest BCUT2D eigenvalue weighted by atomic mass is 10.0. The summed E-state index contributed by atoms with van der Waals surface area (Å²) in [6, 6.07) is 0.697. The van der Waals surface area contributed by atoms with Crippen LogP contribution in [0.25, 0.3) is 0 Å². The zero-order valence-electron chi connectivity index (χ0n) is 15.5. The van der Waals surface area contributed by atoms with E-state index < -0.39 is 0 Å². The predicted octanol–water partition coefficient (Wildman–Crippen LogP) is 6.42. The van der Waals surface area contributed by atoms with Crippen molar-refractivity contribution < 1.29 is 0 Å². The number of hydrogen-bond acceptors (Lipinski definition) is 2. The zero-order chi connectivity index (χ0) is 16.0. The minimum atomic E-state index is 0.396. The topological polar surface area (TPSA) is 12.0 Å². The standard InChI is InChI=1S/C19H41NS/c1-6-7-8-9-10-11-12-13-14-15-16-18(20-5)17-21-19(2,3)4/h18,20H,6-17H2,1-5H3. The second-order valence-electron chi connectivity index (χ2n) is 7.38. The van der Waals surface area contributed by atoms with E-state index in [1.54, 1.807) is 0 Å². The molecule has 0 aromatic carbocycles. The van der Waals surface area contributed by atoms with Gasteiger partial charge in [0.15, 0.2) is 0 Å². The Kier molecular flexibility index (Phi) is 14.1. The maximum atomic E-state index is 3.48. The second-order valence-corrected chi connectivity index (χ2v) is 9.23. The minimum Gasteiger partial charge on any atom is -0.316 e. The molecule has 0 saturated carbocycles. The van der Waals surface area contributed by atoms with Gasteiger partial charge >= 0.3 is 0 Å². The molecule has 0 aromatic heterocycles. The monoisotopic (exact) mass is 315 g/mol. The summed E-state index contributed by atoms with van der Waals surface area (Å²) in [5, 5.41) is 3.48. The first kappa shape index (κ1) is 21.3. The van der Waals surface area contributed by atoms with Crippen molar-refractivity contribution in [3.05, 3.63) is 0 Å². The molecular weight excluding hydrogens is 274 g/mol. The highest BCUT2D eigenvalue weighted by atomic mass is 32.2. The first-order valence-electron chi connectivity index (χ1n) is 9.31. The summed E-state index contributed by atoms with van der Waals surface area (Å²) in [6.07, 6.45) is 15.7. The fourth-order valence-electron chi connectivity index (χ4n) is 2.54. The van der Waals surface area contributed by atoms with Crippen LogP contribution in [-0.2, 0) is 0 Å². The molecule has 0 fully saturated rings. The molecular formula is C19H41NS. The molecule has 128 valence electrons. The van der Waals surface area contributed by atoms with Crippen LogP contribution in [0.1, 0.15) is 98.3 Å². The van der Waals surface area contributed by atoms with Gasteiger partial charge in [0.25, 0.3) is 0 Å². The van der Waals surface area contributed by atoms with Crippen LogP contribution in [0.4, 0.5) is 0 Å². The van der Waals surface area contributed by atoms with E-state index in [0.717, 1.165) is 0 Å². The van der Waals surface area contributed by atoms with Crippen LogP contribution in [0.15, 0.2) is 0 Å². The average molecular weight is 316 g/mol. The largest absolute Gasteiger partial charge is 0.316 e. The predicted molar refractivity (Wildman–Crippen MR) is 102 cm³/mol. The van der Waals surface area contributed by atoms with Crippen LogP contribution in [0.5, 0.6) is 0 Å². The van der Waals surface area contributed by atoms with Gasteiger partial charge in [-0.15, -0.1) is 0 Å². The highest BCUT2D eigenvalue weighted by Gasteiger charge is 2.14. The third kappa shape index (κ3) is 16.5. The van der Waals surface area contributed by atoms with Crippen LogP contribution in [-0.4, -0.2) is 23.6 Å². The molecule has 0 rings (SSSR count). The zero-order valence-corrected chi connectivity index (χ0v) is 16.3. The SMILES string of the molecule is CCCCCCCCCCCCC(CSC(C)(C)C)NC. The first-order chi connectivity index (χ1) is 9.99. The van der Waals surface area contributed by atoms with Gasteiger partial charge in [-0.25, -0.2) is 0 Å². The molecule has 0 saturated heterocycles. The Morgan fingerprint density at radius 3 is 1.71 bits per heavy atom. The van der Waals surface area contributed by atoms with E-state index in [0.29, 0.717) is 10.8 Å². The molecule has 2 heteroatoms. The maximum absolute atomic E-state index is 3.48. The summed E-state index contributed by atoms with van der Waals surface area (Å²) in [6.45, 7) is 9.22. The van der Waals surface area contributed by atoms with Crippen molar-refractivity contribution in [1.29, 1.82) is 0 Å². The third-order valence-corrected chi connectivity index (χ3v) is 5.47. The number of hydrogen-bond donors (Lipinski definition) is 1. The van der Waals surface area contributed by atoms with Gasteiger partial charge in [0.2, 0.25) is 0 Å². The molecule has 0 radical (unpaired) electrons. The Bertz CT molecular complexity index is 210. The van der Waals surface area contributed by atoms with Crippen molar-refractivity contribution in [3.8, 4) is 0 Å². The van der Waals surface area contributed by atoms with E-state index in [-0.39, 0.29) is 0 Å². The number of nitrogens with one attached hydrogen (secondary N) is 1. The molecule has 0 aromatic rings. The number of unbranched alkanes of at least 4 members (excludes halogenated alkanes) is 9. The van der Waals surface area contributed by atoms with Gasteiger partial charge in [0.05, 0.1) is 0 Å². The Labute approximate surface area is 139 Å². The smallest absolute Gasteiger partial charge is 0.0155 e. The van der Waals surface area contributed by atoms with E-state index in [4.69, 9.17) is 0 Å². The lowest BCUT2D eigenvalue weighted by Crippen LogP contribution is -2.29. The van der Waals surface area contributed by atoms with E-state index in [1.165, 1.54) is 76.4 Å². The summed E-state index contributed by atoms with van der Waals surface area (Å²) in [5.74, 6) is 1.25. The van der Waals surface area contributed by atoms with Crippen molar-refractivity contribution in [2.75, 3.05) is 12.8 Å². The van der Waals surface area contributed by atoms with Crippen LogP contribution < -0.4 is 5.32 Å². The fraction of sp³-hybridized carbons (Fsp3) is 1.00. The summed E-state index contributed by atoms with van der Waals surface area (Å²) in [5.41, 5.74) is 0. The van der Waals surface area contributed by atoms with Gasteiger partial charge in [0.1, 0.15) is 0 Å². The highest BCUT2D eigenvalue weighted by Crippen LogP contribution is 2.24. The van der Waals surface area contributed by atoms with E-state index in [2.05, 4.69) is 51.8 Å². The molecule has 1 nitrogen and oxygen atoms in total. The average Bonchev–Trinajstić information content (AvgIpc) is 2.43. The summed E-state index contributed by atoms with van der Waals surface area (Å²) in [7, 11) is 2.12. The van der Waals surface area contributed by atoms with Gasteiger partial charge < -0.3 is 5.32 Å². The van der Waals surface area contributed by atoms with Crippen molar-refractivity contribution in [2.24, 2.45) is 0 Å². The molecule has 0 aliphatic heterocycles. The summed E-state index contributed by atoms with van der Waals surface area (Å²) < 4.78 is 0.396. The summed E-state index contributed by atoms with van der Waals surface area (Å²) >= 11 is 2.09. The molecule has 1 N–H and O–H groups in total. The normalized spacial score (nSPS) is 13.6. The van der Waals surface area contributed by atoms with Crippen LogP contribution in [0.3, 0.4) is 0 Å².